The Morgan fingerprint density at radius 3 is 2.92 bits per heavy atom. The van der Waals surface area contributed by atoms with Crippen LogP contribution in [0.4, 0.5) is 0 Å². The Balaban J connectivity index is 1.82. The number of carbonyl (C=O) groups excluding carboxylic acids is 1. The lowest BCUT2D eigenvalue weighted by molar-refractivity contribution is 0.0952. The van der Waals surface area contributed by atoms with Gasteiger partial charge in [0.1, 0.15) is 0 Å². The quantitative estimate of drug-likeness (QED) is 0.748. The molecule has 1 amide bonds. The van der Waals surface area contributed by atoms with Crippen molar-refractivity contribution in [1.82, 2.24) is 15.3 Å². The van der Waals surface area contributed by atoms with E-state index in [9.17, 15) is 9.59 Å². The van der Waals surface area contributed by atoms with Crippen molar-refractivity contribution < 1.29 is 4.79 Å². The first-order valence-electron chi connectivity index (χ1n) is 7.94. The topological polar surface area (TPSA) is 74.8 Å². The summed E-state index contributed by atoms with van der Waals surface area (Å²) in [6.07, 6.45) is 2.01. The SMILES string of the molecule is CCCc1nc(C)c(CNC(=O)c2cc(=O)[nH]c3ccccc23)s1. The molecule has 3 aromatic rings. The number of H-pyrrole nitrogens is 1. The molecule has 5 nitrogen and oxygen atoms in total. The number of para-hydroxylation sites is 1. The summed E-state index contributed by atoms with van der Waals surface area (Å²) >= 11 is 1.63. The van der Waals surface area contributed by atoms with E-state index in [0.29, 0.717) is 17.6 Å². The smallest absolute Gasteiger partial charge is 0.252 e. The van der Waals surface area contributed by atoms with Crippen molar-refractivity contribution in [2.75, 3.05) is 0 Å². The zero-order chi connectivity index (χ0) is 17.1. The van der Waals surface area contributed by atoms with Gasteiger partial charge in [0.2, 0.25) is 5.56 Å². The Morgan fingerprint density at radius 1 is 1.33 bits per heavy atom. The van der Waals surface area contributed by atoms with Gasteiger partial charge < -0.3 is 10.3 Å². The number of aromatic nitrogens is 2. The van der Waals surface area contributed by atoms with Gasteiger partial charge in [0.25, 0.3) is 5.91 Å². The number of carbonyl (C=O) groups is 1. The molecule has 0 radical (unpaired) electrons. The molecule has 0 aliphatic heterocycles. The van der Waals surface area contributed by atoms with Crippen molar-refractivity contribution >= 4 is 28.1 Å². The van der Waals surface area contributed by atoms with Gasteiger partial charge in [0, 0.05) is 21.8 Å². The largest absolute Gasteiger partial charge is 0.347 e. The van der Waals surface area contributed by atoms with E-state index >= 15 is 0 Å². The standard InChI is InChI=1S/C18H19N3O2S/c1-3-6-17-20-11(2)15(24-17)10-19-18(23)13-9-16(22)21-14-8-5-4-7-12(13)14/h4-5,7-9H,3,6,10H2,1-2H3,(H,19,23)(H,21,22). The molecule has 0 aliphatic carbocycles. The number of thiazole rings is 1. The molecule has 24 heavy (non-hydrogen) atoms. The van der Waals surface area contributed by atoms with Gasteiger partial charge in [-0.2, -0.15) is 0 Å². The highest BCUT2D eigenvalue weighted by Crippen LogP contribution is 2.20. The van der Waals surface area contributed by atoms with Crippen LogP contribution in [-0.4, -0.2) is 15.9 Å². The number of nitrogens with zero attached hydrogens (tertiary/aromatic N) is 1. The third-order valence-electron chi connectivity index (χ3n) is 3.81. The monoisotopic (exact) mass is 341 g/mol. The van der Waals surface area contributed by atoms with Crippen molar-refractivity contribution in [3.8, 4) is 0 Å². The van der Waals surface area contributed by atoms with Crippen molar-refractivity contribution in [3.05, 3.63) is 61.8 Å². The fourth-order valence-electron chi connectivity index (χ4n) is 2.62. The van der Waals surface area contributed by atoms with Crippen LogP contribution < -0.4 is 10.9 Å². The first-order valence-corrected chi connectivity index (χ1v) is 8.75. The number of aromatic amines is 1. The summed E-state index contributed by atoms with van der Waals surface area (Å²) in [6.45, 7) is 4.50. The fourth-order valence-corrected chi connectivity index (χ4v) is 3.73. The Labute approximate surface area is 143 Å². The summed E-state index contributed by atoms with van der Waals surface area (Å²) < 4.78 is 0. The maximum Gasteiger partial charge on any atom is 0.252 e. The van der Waals surface area contributed by atoms with Crippen LogP contribution in [-0.2, 0) is 13.0 Å². The minimum absolute atomic E-state index is 0.248. The summed E-state index contributed by atoms with van der Waals surface area (Å²) in [7, 11) is 0. The first kappa shape index (κ1) is 16.4. The second kappa shape index (κ2) is 6.97. The number of pyridine rings is 1. The van der Waals surface area contributed by atoms with Crippen molar-refractivity contribution in [2.24, 2.45) is 0 Å². The van der Waals surface area contributed by atoms with Gasteiger partial charge >= 0.3 is 0 Å². The number of aryl methyl sites for hydroxylation is 2. The molecule has 2 aromatic heterocycles. The highest BCUT2D eigenvalue weighted by Gasteiger charge is 2.13. The molecule has 3 rings (SSSR count). The molecule has 0 saturated carbocycles. The number of rotatable bonds is 5. The number of hydrogen-bond acceptors (Lipinski definition) is 4. The second-order valence-electron chi connectivity index (χ2n) is 5.64. The number of fused-ring (bicyclic) bond motifs is 1. The van der Waals surface area contributed by atoms with E-state index in [2.05, 4.69) is 22.2 Å². The van der Waals surface area contributed by atoms with Crippen LogP contribution in [0, 0.1) is 6.92 Å². The molecule has 0 fully saturated rings. The molecule has 6 heteroatoms. The predicted molar refractivity (Wildman–Crippen MR) is 96.6 cm³/mol. The molecular weight excluding hydrogens is 322 g/mol. The van der Waals surface area contributed by atoms with Gasteiger partial charge in [-0.1, -0.05) is 25.1 Å². The van der Waals surface area contributed by atoms with E-state index in [1.807, 2.05) is 25.1 Å². The molecule has 2 N–H and O–H groups in total. The number of hydrogen-bond donors (Lipinski definition) is 2. The summed E-state index contributed by atoms with van der Waals surface area (Å²) in [5, 5.41) is 4.75. The van der Waals surface area contributed by atoms with Crippen molar-refractivity contribution in [3.63, 3.8) is 0 Å². The minimum Gasteiger partial charge on any atom is -0.347 e. The summed E-state index contributed by atoms with van der Waals surface area (Å²) in [5.74, 6) is -0.248. The highest BCUT2D eigenvalue weighted by atomic mass is 32.1. The van der Waals surface area contributed by atoms with Gasteiger partial charge in [-0.05, 0) is 25.8 Å². The Kier molecular flexibility index (Phi) is 4.76. The second-order valence-corrected chi connectivity index (χ2v) is 6.81. The zero-order valence-electron chi connectivity index (χ0n) is 13.7. The van der Waals surface area contributed by atoms with E-state index in [-0.39, 0.29) is 11.5 Å². The number of benzene rings is 1. The normalized spacial score (nSPS) is 10.9. The minimum atomic E-state index is -0.280. The van der Waals surface area contributed by atoms with E-state index in [1.54, 1.807) is 17.4 Å². The van der Waals surface area contributed by atoms with Gasteiger partial charge in [0.05, 0.1) is 22.8 Å². The average molecular weight is 341 g/mol. The number of nitrogens with one attached hydrogen (secondary N) is 2. The van der Waals surface area contributed by atoms with Gasteiger partial charge in [0.15, 0.2) is 0 Å². The number of amides is 1. The highest BCUT2D eigenvalue weighted by molar-refractivity contribution is 7.11. The van der Waals surface area contributed by atoms with Crippen molar-refractivity contribution in [2.45, 2.75) is 33.2 Å². The van der Waals surface area contributed by atoms with Crippen molar-refractivity contribution in [1.29, 1.82) is 0 Å². The van der Waals surface area contributed by atoms with Crippen LogP contribution in [0.1, 0.15) is 39.3 Å². The van der Waals surface area contributed by atoms with Crippen LogP contribution in [0.2, 0.25) is 0 Å². The van der Waals surface area contributed by atoms with Crippen LogP contribution >= 0.6 is 11.3 Å². The van der Waals surface area contributed by atoms with Crippen LogP contribution in [0.25, 0.3) is 10.9 Å². The Morgan fingerprint density at radius 2 is 2.12 bits per heavy atom. The van der Waals surface area contributed by atoms with Crippen LogP contribution in [0.15, 0.2) is 35.1 Å². The first-order chi connectivity index (χ1) is 11.6. The molecule has 0 atom stereocenters. The third kappa shape index (κ3) is 3.38. The molecule has 0 bridgehead atoms. The van der Waals surface area contributed by atoms with E-state index < -0.39 is 0 Å². The van der Waals surface area contributed by atoms with E-state index in [0.717, 1.165) is 33.8 Å². The van der Waals surface area contributed by atoms with Gasteiger partial charge in [-0.3, -0.25) is 9.59 Å². The molecule has 0 aliphatic rings. The third-order valence-corrected chi connectivity index (χ3v) is 5.02. The molecule has 124 valence electrons. The van der Waals surface area contributed by atoms with Crippen LogP contribution in [0.5, 0.6) is 0 Å². The summed E-state index contributed by atoms with van der Waals surface area (Å²) in [6, 6.07) is 8.65. The van der Waals surface area contributed by atoms with Crippen LogP contribution in [0.3, 0.4) is 0 Å². The maximum atomic E-state index is 12.5. The summed E-state index contributed by atoms with van der Waals surface area (Å²) in [4.78, 5) is 32.6. The lowest BCUT2D eigenvalue weighted by Crippen LogP contribution is -2.24. The lowest BCUT2D eigenvalue weighted by Gasteiger charge is -2.07. The molecule has 0 saturated heterocycles. The lowest BCUT2D eigenvalue weighted by atomic mass is 10.1. The fraction of sp³-hybridized carbons (Fsp3) is 0.278. The Bertz CT molecular complexity index is 943. The predicted octanol–water partition coefficient (Wildman–Crippen LogP) is 3.18. The molecule has 2 heterocycles. The molecule has 1 aromatic carbocycles. The molecule has 0 unspecified atom stereocenters. The van der Waals surface area contributed by atoms with E-state index in [1.165, 1.54) is 6.07 Å². The summed E-state index contributed by atoms with van der Waals surface area (Å²) in [5.41, 5.74) is 1.73. The van der Waals surface area contributed by atoms with E-state index in [4.69, 9.17) is 0 Å². The average Bonchev–Trinajstić information content (AvgIpc) is 2.91. The van der Waals surface area contributed by atoms with Gasteiger partial charge in [-0.15, -0.1) is 11.3 Å². The maximum absolute atomic E-state index is 12.5. The molecule has 0 spiro atoms. The zero-order valence-corrected chi connectivity index (χ0v) is 14.5. The Hall–Kier alpha value is -2.47. The molecular formula is C18H19N3O2S. The van der Waals surface area contributed by atoms with Gasteiger partial charge in [-0.25, -0.2) is 4.98 Å².